The Morgan fingerprint density at radius 1 is 1.06 bits per heavy atom. The van der Waals surface area contributed by atoms with Crippen LogP contribution in [0.15, 0.2) is 73.4 Å². The van der Waals surface area contributed by atoms with E-state index in [1.54, 1.807) is 25.3 Å². The van der Waals surface area contributed by atoms with Gasteiger partial charge in [0.15, 0.2) is 0 Å². The number of amides is 4. The number of hydrazine groups is 1. The molecular formula is C51H63N7O7. The number of rotatable bonds is 10. The molecule has 2 aromatic carbocycles. The molecule has 1 aliphatic carbocycles. The summed E-state index contributed by atoms with van der Waals surface area (Å²) in [5.74, 6) is -2.14. The van der Waals surface area contributed by atoms with Crippen LogP contribution in [0.3, 0.4) is 0 Å². The second kappa shape index (κ2) is 18.9. The largest absolute Gasteiger partial charge is 0.464 e. The maximum atomic E-state index is 14.7. The molecule has 2 aromatic heterocycles. The summed E-state index contributed by atoms with van der Waals surface area (Å²) in [6, 6.07) is 16.1. The Morgan fingerprint density at radius 3 is 2.58 bits per heavy atom. The molecule has 4 aromatic rings. The molecule has 1 unspecified atom stereocenters. The van der Waals surface area contributed by atoms with E-state index in [2.05, 4.69) is 79.1 Å². The van der Waals surface area contributed by atoms with Gasteiger partial charge >= 0.3 is 5.97 Å². The number of aryl methyl sites for hydroxylation is 1. The van der Waals surface area contributed by atoms with Gasteiger partial charge in [-0.3, -0.25) is 34.0 Å². The number of hydrogen-bond acceptors (Lipinski definition) is 9. The quantitative estimate of drug-likeness (QED) is 0.144. The van der Waals surface area contributed by atoms with Crippen LogP contribution in [-0.2, 0) is 52.8 Å². The first-order valence-corrected chi connectivity index (χ1v) is 23.2. The molecular weight excluding hydrogens is 823 g/mol. The van der Waals surface area contributed by atoms with Gasteiger partial charge in [-0.1, -0.05) is 50.8 Å². The fourth-order valence-corrected chi connectivity index (χ4v) is 10.1. The van der Waals surface area contributed by atoms with Crippen molar-refractivity contribution in [2.45, 2.75) is 103 Å². The lowest BCUT2D eigenvalue weighted by Gasteiger charge is -2.36. The number of nitrogens with zero attached hydrogens (tertiary/aromatic N) is 5. The molecule has 2 saturated heterocycles. The van der Waals surface area contributed by atoms with Crippen molar-refractivity contribution in [1.82, 2.24) is 35.1 Å². The van der Waals surface area contributed by atoms with Gasteiger partial charge < -0.3 is 29.2 Å². The van der Waals surface area contributed by atoms with Crippen molar-refractivity contribution in [1.29, 1.82) is 0 Å². The van der Waals surface area contributed by atoms with Gasteiger partial charge in [-0.15, -0.1) is 0 Å². The average molecular weight is 886 g/mol. The van der Waals surface area contributed by atoms with Crippen LogP contribution in [0.1, 0.15) is 82.7 Å². The molecule has 3 fully saturated rings. The van der Waals surface area contributed by atoms with Crippen LogP contribution in [0.5, 0.6) is 0 Å². The molecule has 2 N–H and O–H groups in total. The zero-order valence-electron chi connectivity index (χ0n) is 38.6. The number of likely N-dealkylation sites (N-methyl/N-ethyl adjacent to an activating group) is 1. The maximum Gasteiger partial charge on any atom is 0.324 e. The van der Waals surface area contributed by atoms with E-state index in [1.807, 2.05) is 25.1 Å². The van der Waals surface area contributed by atoms with E-state index in [-0.39, 0.29) is 49.3 Å². The molecule has 0 radical (unpaired) electrons. The highest BCUT2D eigenvalue weighted by Crippen LogP contribution is 2.42. The number of cyclic esters (lactones) is 1. The molecule has 5 atom stereocenters. The number of fused-ring (bicyclic) bond motifs is 6. The highest BCUT2D eigenvalue weighted by Gasteiger charge is 2.45. The summed E-state index contributed by atoms with van der Waals surface area (Å²) in [4.78, 5) is 77.3. The molecule has 1 saturated carbocycles. The van der Waals surface area contributed by atoms with Gasteiger partial charge in [-0.25, -0.2) is 5.43 Å². The predicted molar refractivity (Wildman–Crippen MR) is 248 cm³/mol. The number of carbonyl (C=O) groups is 5. The minimum atomic E-state index is -1.02. The number of pyridine rings is 1. The van der Waals surface area contributed by atoms with E-state index in [4.69, 9.17) is 14.5 Å². The van der Waals surface area contributed by atoms with Crippen LogP contribution in [0, 0.1) is 17.3 Å². The number of aromatic nitrogens is 2. The lowest BCUT2D eigenvalue weighted by molar-refractivity contribution is -0.155. The van der Waals surface area contributed by atoms with Crippen molar-refractivity contribution >= 4 is 40.5 Å². The van der Waals surface area contributed by atoms with Crippen LogP contribution in [0.4, 0.5) is 0 Å². The Bertz CT molecular complexity index is 2490. The van der Waals surface area contributed by atoms with Crippen LogP contribution in [0.25, 0.3) is 33.3 Å². The van der Waals surface area contributed by atoms with E-state index in [9.17, 15) is 24.0 Å². The number of ether oxygens (including phenoxy) is 2. The van der Waals surface area contributed by atoms with Gasteiger partial charge in [0.2, 0.25) is 17.7 Å². The molecule has 4 aliphatic rings. The van der Waals surface area contributed by atoms with E-state index >= 15 is 0 Å². The van der Waals surface area contributed by atoms with Crippen LogP contribution >= 0.6 is 0 Å². The third kappa shape index (κ3) is 9.46. The van der Waals surface area contributed by atoms with Gasteiger partial charge in [0.05, 0.1) is 30.0 Å². The van der Waals surface area contributed by atoms with Gasteiger partial charge in [0.1, 0.15) is 18.1 Å². The minimum Gasteiger partial charge on any atom is -0.464 e. The number of benzene rings is 2. The predicted octanol–water partition coefficient (Wildman–Crippen LogP) is 6.02. The molecule has 5 heterocycles. The molecule has 14 heteroatoms. The Kier molecular flexibility index (Phi) is 13.3. The Hall–Kier alpha value is -5.86. The summed E-state index contributed by atoms with van der Waals surface area (Å²) in [5, 5.41) is 5.63. The van der Waals surface area contributed by atoms with E-state index in [0.29, 0.717) is 45.3 Å². The first kappa shape index (κ1) is 45.7. The monoisotopic (exact) mass is 885 g/mol. The molecule has 344 valence electrons. The van der Waals surface area contributed by atoms with Crippen molar-refractivity contribution in [3.63, 3.8) is 0 Å². The molecule has 3 aliphatic heterocycles. The second-order valence-electron chi connectivity index (χ2n) is 19.1. The molecule has 0 spiro atoms. The number of hydrogen-bond donors (Lipinski definition) is 2. The van der Waals surface area contributed by atoms with Gasteiger partial charge in [0, 0.05) is 74.8 Å². The summed E-state index contributed by atoms with van der Waals surface area (Å²) in [6.45, 7) is 13.8. The standard InChI is InChI=1S/C51H63N7O7/c1-8-43(59)56-24-21-36(29-56)48(61)55(6)45(33-17-18-33)47(60)53-41-26-32-13-10-14-34(25-32)35-19-20-42-38(27-35)39(46(57(42)9-2)37-15-11-22-52-44(37)31(3)64-7)28-51(4,5)30-65-50(63)40-16-12-23-58(54-40)49(41)62/h8,10-11,13-15,19-20,22,25,27,31,33,36,40-41,45,54H,1,9,12,16-18,21,23-24,26,28-30H2,2-7H3,(H,53,60)/t31-,36-,40-,41-,45?/m0/s1. The van der Waals surface area contributed by atoms with Crippen LogP contribution in [0.2, 0.25) is 0 Å². The Balaban J connectivity index is 1.18. The topological polar surface area (TPSA) is 155 Å². The summed E-state index contributed by atoms with van der Waals surface area (Å²) in [7, 11) is 3.34. The molecule has 4 amide bonds. The fourth-order valence-electron chi connectivity index (χ4n) is 10.1. The van der Waals surface area contributed by atoms with Crippen molar-refractivity contribution in [2.75, 3.05) is 40.4 Å². The highest BCUT2D eigenvalue weighted by atomic mass is 16.5. The van der Waals surface area contributed by atoms with Crippen molar-refractivity contribution < 1.29 is 33.4 Å². The lowest BCUT2D eigenvalue weighted by Crippen LogP contribution is -2.62. The third-order valence-corrected chi connectivity index (χ3v) is 13.8. The van der Waals surface area contributed by atoms with E-state index < -0.39 is 41.3 Å². The fraction of sp³-hybridized carbons (Fsp3) is 0.490. The zero-order chi connectivity index (χ0) is 46.2. The Labute approximate surface area is 381 Å². The summed E-state index contributed by atoms with van der Waals surface area (Å²) < 4.78 is 14.3. The number of likely N-dealkylation sites (tertiary alicyclic amines) is 1. The van der Waals surface area contributed by atoms with Gasteiger partial charge in [-0.2, -0.15) is 0 Å². The SMILES string of the molecule is C=CC(=O)N1CC[C@H](C(=O)N(C)C(C(=O)N[C@H]2Cc3cccc(c3)-c3ccc4c(c3)c(c(-c3cccnc3[C@H](C)OC)n4CC)CC(C)(C)COC(=O)[C@@H]3CCCN(N3)C2=O)C2CC2)C1. The third-order valence-electron chi connectivity index (χ3n) is 13.8. The highest BCUT2D eigenvalue weighted by molar-refractivity contribution is 5.96. The smallest absolute Gasteiger partial charge is 0.324 e. The van der Waals surface area contributed by atoms with Gasteiger partial charge in [-0.05, 0) is 111 Å². The number of methoxy groups -OCH3 is 1. The zero-order valence-corrected chi connectivity index (χ0v) is 38.6. The Morgan fingerprint density at radius 2 is 1.85 bits per heavy atom. The molecule has 65 heavy (non-hydrogen) atoms. The number of nitrogens with one attached hydrogen (secondary N) is 2. The minimum absolute atomic E-state index is 0.0542. The van der Waals surface area contributed by atoms with Crippen molar-refractivity contribution in [2.24, 2.45) is 17.3 Å². The summed E-state index contributed by atoms with van der Waals surface area (Å²) >= 11 is 0. The maximum absolute atomic E-state index is 14.7. The normalized spacial score (nSPS) is 22.2. The van der Waals surface area contributed by atoms with Gasteiger partial charge in [0.25, 0.3) is 5.91 Å². The second-order valence-corrected chi connectivity index (χ2v) is 19.1. The molecule has 14 nitrogen and oxygen atoms in total. The lowest BCUT2D eigenvalue weighted by atomic mass is 9.84. The van der Waals surface area contributed by atoms with E-state index in [0.717, 1.165) is 62.9 Å². The van der Waals surface area contributed by atoms with E-state index in [1.165, 1.54) is 16.0 Å². The summed E-state index contributed by atoms with van der Waals surface area (Å²) in [5.41, 5.74) is 10.5. The first-order chi connectivity index (χ1) is 31.2. The van der Waals surface area contributed by atoms with Crippen LogP contribution < -0.4 is 10.7 Å². The molecule has 6 bridgehead atoms. The van der Waals surface area contributed by atoms with Crippen molar-refractivity contribution in [3.8, 4) is 22.4 Å². The molecule has 8 rings (SSSR count). The van der Waals surface area contributed by atoms with Crippen molar-refractivity contribution in [3.05, 3.63) is 90.3 Å². The number of esters is 1. The first-order valence-electron chi connectivity index (χ1n) is 23.2. The average Bonchev–Trinajstić information content (AvgIpc) is 3.94. The number of carbonyl (C=O) groups excluding carboxylic acids is 5. The van der Waals surface area contributed by atoms with Crippen LogP contribution in [-0.4, -0.2) is 112 Å². The summed E-state index contributed by atoms with van der Waals surface area (Å²) in [6.07, 6.45) is 6.66.